The summed E-state index contributed by atoms with van der Waals surface area (Å²) >= 11 is 0. The second-order valence-electron chi connectivity index (χ2n) is 2.91. The molecular formula is C8H13N2O4. The van der Waals surface area contributed by atoms with E-state index >= 15 is 0 Å². The van der Waals surface area contributed by atoms with E-state index in [4.69, 9.17) is 15.6 Å². The van der Waals surface area contributed by atoms with Crippen molar-refractivity contribution in [2.75, 3.05) is 26.4 Å². The van der Waals surface area contributed by atoms with E-state index in [1.54, 1.807) is 0 Å². The van der Waals surface area contributed by atoms with Crippen molar-refractivity contribution >= 4 is 11.8 Å². The van der Waals surface area contributed by atoms with Crippen LogP contribution in [0.4, 0.5) is 0 Å². The van der Waals surface area contributed by atoms with E-state index in [0.29, 0.717) is 13.2 Å². The van der Waals surface area contributed by atoms with Gasteiger partial charge < -0.3 is 20.5 Å². The maximum Gasteiger partial charge on any atom is 0.242 e. The number of nitrogens with zero attached hydrogens (tertiary/aromatic N) is 1. The van der Waals surface area contributed by atoms with Gasteiger partial charge in [0.2, 0.25) is 11.8 Å². The van der Waals surface area contributed by atoms with Gasteiger partial charge in [-0.2, -0.15) is 0 Å². The normalized spacial score (nSPS) is 22.1. The third-order valence-corrected chi connectivity index (χ3v) is 2.01. The molecule has 0 bridgehead atoms. The maximum atomic E-state index is 11.4. The van der Waals surface area contributed by atoms with Crippen molar-refractivity contribution in [1.29, 1.82) is 0 Å². The number of aliphatic hydroxyl groups excluding tert-OH is 1. The van der Waals surface area contributed by atoms with Gasteiger partial charge in [0.15, 0.2) is 0 Å². The molecule has 1 atom stereocenters. The SMILES string of the molecule is NC(=O)[C@H]1COCCN1C(=O)[CH]CO. The highest BCUT2D eigenvalue weighted by Crippen LogP contribution is 2.07. The molecule has 1 saturated heterocycles. The molecule has 0 saturated carbocycles. The van der Waals surface area contributed by atoms with Crippen LogP contribution in [0.1, 0.15) is 0 Å². The van der Waals surface area contributed by atoms with Crippen molar-refractivity contribution < 1.29 is 19.4 Å². The second-order valence-corrected chi connectivity index (χ2v) is 2.91. The number of primary amides is 1. The average Bonchev–Trinajstić information content (AvgIpc) is 2.18. The number of rotatable bonds is 3. The molecular weight excluding hydrogens is 188 g/mol. The van der Waals surface area contributed by atoms with Gasteiger partial charge >= 0.3 is 0 Å². The Morgan fingerprint density at radius 2 is 2.36 bits per heavy atom. The van der Waals surface area contributed by atoms with Crippen LogP contribution in [0.25, 0.3) is 0 Å². The van der Waals surface area contributed by atoms with E-state index in [2.05, 4.69) is 0 Å². The zero-order valence-electron chi connectivity index (χ0n) is 7.68. The first-order valence-electron chi connectivity index (χ1n) is 4.28. The van der Waals surface area contributed by atoms with Gasteiger partial charge in [-0.1, -0.05) is 0 Å². The Labute approximate surface area is 81.6 Å². The van der Waals surface area contributed by atoms with Crippen molar-refractivity contribution in [2.45, 2.75) is 6.04 Å². The molecule has 1 radical (unpaired) electrons. The lowest BCUT2D eigenvalue weighted by molar-refractivity contribution is -0.144. The van der Waals surface area contributed by atoms with Gasteiger partial charge in [-0.15, -0.1) is 0 Å². The fourth-order valence-electron chi connectivity index (χ4n) is 1.30. The van der Waals surface area contributed by atoms with Crippen molar-refractivity contribution in [3.8, 4) is 0 Å². The zero-order valence-corrected chi connectivity index (χ0v) is 7.68. The summed E-state index contributed by atoms with van der Waals surface area (Å²) in [5, 5.41) is 8.54. The Morgan fingerprint density at radius 1 is 1.64 bits per heavy atom. The summed E-state index contributed by atoms with van der Waals surface area (Å²) in [6, 6.07) is -0.723. The average molecular weight is 201 g/mol. The molecule has 3 N–H and O–H groups in total. The predicted molar refractivity (Wildman–Crippen MR) is 46.9 cm³/mol. The highest BCUT2D eigenvalue weighted by Gasteiger charge is 2.30. The molecule has 0 aliphatic carbocycles. The lowest BCUT2D eigenvalue weighted by Gasteiger charge is -2.33. The molecule has 0 aromatic rings. The minimum atomic E-state index is -0.723. The number of hydrogen-bond donors (Lipinski definition) is 2. The lowest BCUT2D eigenvalue weighted by atomic mass is 10.2. The van der Waals surface area contributed by atoms with Gasteiger partial charge in [0.25, 0.3) is 0 Å². The molecule has 6 heteroatoms. The Kier molecular flexibility index (Phi) is 3.84. The van der Waals surface area contributed by atoms with E-state index < -0.39 is 11.9 Å². The van der Waals surface area contributed by atoms with Crippen LogP contribution in [-0.2, 0) is 14.3 Å². The summed E-state index contributed by atoms with van der Waals surface area (Å²) in [5.41, 5.74) is 5.10. The fourth-order valence-corrected chi connectivity index (χ4v) is 1.30. The molecule has 1 fully saturated rings. The zero-order chi connectivity index (χ0) is 10.6. The Bertz CT molecular complexity index is 231. The first-order valence-corrected chi connectivity index (χ1v) is 4.28. The highest BCUT2D eigenvalue weighted by molar-refractivity contribution is 5.91. The van der Waals surface area contributed by atoms with Crippen LogP contribution in [0.2, 0.25) is 0 Å². The van der Waals surface area contributed by atoms with Crippen LogP contribution in [0, 0.1) is 6.42 Å². The first kappa shape index (κ1) is 10.9. The van der Waals surface area contributed by atoms with Crippen molar-refractivity contribution in [3.63, 3.8) is 0 Å². The van der Waals surface area contributed by atoms with Gasteiger partial charge in [-0.25, -0.2) is 0 Å². The molecule has 1 aliphatic rings. The van der Waals surface area contributed by atoms with E-state index in [9.17, 15) is 9.59 Å². The fraction of sp³-hybridized carbons (Fsp3) is 0.625. The summed E-state index contributed by atoms with van der Waals surface area (Å²) in [6.07, 6.45) is 1.10. The number of amides is 2. The van der Waals surface area contributed by atoms with Crippen LogP contribution in [-0.4, -0.2) is 54.2 Å². The summed E-state index contributed by atoms with van der Waals surface area (Å²) in [6.45, 7) is 0.486. The van der Waals surface area contributed by atoms with Crippen LogP contribution >= 0.6 is 0 Å². The van der Waals surface area contributed by atoms with Crippen molar-refractivity contribution in [2.24, 2.45) is 5.73 Å². The molecule has 1 heterocycles. The summed E-state index contributed by atoms with van der Waals surface area (Å²) in [5.74, 6) is -0.982. The molecule has 0 unspecified atom stereocenters. The van der Waals surface area contributed by atoms with E-state index in [0.717, 1.165) is 6.42 Å². The number of ether oxygens (including phenoxy) is 1. The summed E-state index contributed by atoms with van der Waals surface area (Å²) in [4.78, 5) is 23.6. The van der Waals surface area contributed by atoms with E-state index in [-0.39, 0.29) is 19.1 Å². The van der Waals surface area contributed by atoms with Crippen LogP contribution in [0.5, 0.6) is 0 Å². The number of carbonyl (C=O) groups is 2. The minimum Gasteiger partial charge on any atom is -0.396 e. The molecule has 14 heavy (non-hydrogen) atoms. The lowest BCUT2D eigenvalue weighted by Crippen LogP contribution is -2.54. The minimum absolute atomic E-state index is 0.125. The molecule has 6 nitrogen and oxygen atoms in total. The summed E-state index contributed by atoms with van der Waals surface area (Å²) < 4.78 is 5.03. The van der Waals surface area contributed by atoms with Gasteiger partial charge in [0.1, 0.15) is 6.04 Å². The largest absolute Gasteiger partial charge is 0.396 e. The first-order chi connectivity index (χ1) is 6.66. The standard InChI is InChI=1S/C8H13N2O4/c9-8(13)6-5-14-4-2-10(6)7(12)1-3-11/h1,6,11H,2-5H2,(H2,9,13)/t6-/m1/s1. The monoisotopic (exact) mass is 201 g/mol. The Morgan fingerprint density at radius 3 is 2.93 bits per heavy atom. The van der Waals surface area contributed by atoms with Crippen molar-refractivity contribution in [3.05, 3.63) is 6.42 Å². The second kappa shape index (κ2) is 4.92. The van der Waals surface area contributed by atoms with Crippen LogP contribution in [0.3, 0.4) is 0 Å². The topological polar surface area (TPSA) is 92.9 Å². The Balaban J connectivity index is 2.62. The molecule has 1 rings (SSSR count). The Hall–Kier alpha value is -1.14. The quantitative estimate of drug-likeness (QED) is 0.546. The number of nitrogens with two attached hydrogens (primary N) is 1. The highest BCUT2D eigenvalue weighted by atomic mass is 16.5. The summed E-state index contributed by atoms with van der Waals surface area (Å²) in [7, 11) is 0. The molecule has 79 valence electrons. The predicted octanol–water partition coefficient (Wildman–Crippen LogP) is -2.10. The molecule has 0 aromatic carbocycles. The number of hydrogen-bond acceptors (Lipinski definition) is 4. The van der Waals surface area contributed by atoms with Crippen LogP contribution in [0.15, 0.2) is 0 Å². The van der Waals surface area contributed by atoms with E-state index in [1.165, 1.54) is 4.90 Å². The van der Waals surface area contributed by atoms with Crippen molar-refractivity contribution in [1.82, 2.24) is 4.90 Å². The number of aliphatic hydroxyl groups is 1. The molecule has 1 aliphatic heterocycles. The van der Waals surface area contributed by atoms with Gasteiger partial charge in [0.05, 0.1) is 26.2 Å². The van der Waals surface area contributed by atoms with Gasteiger partial charge in [-0.3, -0.25) is 9.59 Å². The van der Waals surface area contributed by atoms with Gasteiger partial charge in [0, 0.05) is 6.54 Å². The number of carbonyl (C=O) groups excluding carboxylic acids is 2. The number of morpholine rings is 1. The third kappa shape index (κ3) is 2.43. The maximum absolute atomic E-state index is 11.4. The third-order valence-electron chi connectivity index (χ3n) is 2.01. The smallest absolute Gasteiger partial charge is 0.242 e. The van der Waals surface area contributed by atoms with E-state index in [1.807, 2.05) is 0 Å². The molecule has 0 aromatic heterocycles. The van der Waals surface area contributed by atoms with Crippen LogP contribution < -0.4 is 5.73 Å². The molecule has 2 amide bonds. The van der Waals surface area contributed by atoms with Gasteiger partial charge in [-0.05, 0) is 0 Å². The molecule has 0 spiro atoms.